The number of nitrogens with two attached hydrogens (primary N) is 1. The summed E-state index contributed by atoms with van der Waals surface area (Å²) in [5.41, 5.74) is 7.64. The number of halogens is 1. The maximum Gasteiger partial charge on any atom is 0.0574 e. The Morgan fingerprint density at radius 1 is 1.06 bits per heavy atom. The van der Waals surface area contributed by atoms with Crippen molar-refractivity contribution in [3.63, 3.8) is 0 Å². The lowest BCUT2D eigenvalue weighted by molar-refractivity contribution is 0.682. The molecule has 1 unspecified atom stereocenters. The summed E-state index contributed by atoms with van der Waals surface area (Å²) in [5, 5.41) is 0.610. The van der Waals surface area contributed by atoms with E-state index in [1.165, 1.54) is 0 Å². The highest BCUT2D eigenvalue weighted by molar-refractivity contribution is 7.84. The number of hydrogen-bond acceptors (Lipinski definition) is 2. The summed E-state index contributed by atoms with van der Waals surface area (Å²) in [6.45, 7) is 0.525. The van der Waals surface area contributed by atoms with Gasteiger partial charge in [-0.05, 0) is 29.3 Å². The number of rotatable bonds is 4. The van der Waals surface area contributed by atoms with Gasteiger partial charge in [-0.15, -0.1) is 0 Å². The fourth-order valence-corrected chi connectivity index (χ4v) is 3.02. The van der Waals surface area contributed by atoms with Gasteiger partial charge in [0.05, 0.1) is 16.6 Å². The van der Waals surface area contributed by atoms with Crippen LogP contribution in [-0.2, 0) is 23.1 Å². The van der Waals surface area contributed by atoms with E-state index in [0.29, 0.717) is 17.3 Å². The molecule has 4 heteroatoms. The van der Waals surface area contributed by atoms with Crippen LogP contribution in [0.25, 0.3) is 0 Å². The molecule has 0 bridgehead atoms. The van der Waals surface area contributed by atoms with Crippen LogP contribution in [0.5, 0.6) is 0 Å². The third-order valence-electron chi connectivity index (χ3n) is 2.62. The standard InChI is InChI=1S/C14H14ClNOS/c15-13-2-1-3-14(8-13)18(17)10-12-6-4-11(9-16)5-7-12/h1-8H,9-10,16H2. The number of benzene rings is 2. The summed E-state index contributed by atoms with van der Waals surface area (Å²) in [5.74, 6) is 0.491. The average molecular weight is 280 g/mol. The van der Waals surface area contributed by atoms with E-state index in [2.05, 4.69) is 0 Å². The van der Waals surface area contributed by atoms with Crippen LogP contribution in [0.2, 0.25) is 5.02 Å². The first-order chi connectivity index (χ1) is 8.69. The summed E-state index contributed by atoms with van der Waals surface area (Å²) in [6.07, 6.45) is 0. The van der Waals surface area contributed by atoms with Crippen molar-refractivity contribution in [2.45, 2.75) is 17.2 Å². The first-order valence-electron chi connectivity index (χ1n) is 5.61. The fraction of sp³-hybridized carbons (Fsp3) is 0.143. The van der Waals surface area contributed by atoms with E-state index in [1.807, 2.05) is 36.4 Å². The second kappa shape index (κ2) is 6.14. The molecular weight excluding hydrogens is 266 g/mol. The molecule has 0 radical (unpaired) electrons. The van der Waals surface area contributed by atoms with Crippen LogP contribution in [0, 0.1) is 0 Å². The number of hydrogen-bond donors (Lipinski definition) is 1. The van der Waals surface area contributed by atoms with Crippen molar-refractivity contribution in [1.29, 1.82) is 0 Å². The lowest BCUT2D eigenvalue weighted by atomic mass is 10.1. The van der Waals surface area contributed by atoms with Crippen molar-refractivity contribution in [1.82, 2.24) is 0 Å². The molecule has 0 saturated heterocycles. The van der Waals surface area contributed by atoms with E-state index in [0.717, 1.165) is 16.0 Å². The summed E-state index contributed by atoms with van der Waals surface area (Å²) in [6, 6.07) is 15.0. The predicted molar refractivity (Wildman–Crippen MR) is 75.9 cm³/mol. The minimum Gasteiger partial charge on any atom is -0.326 e. The Bertz CT molecular complexity index is 554. The lowest BCUT2D eigenvalue weighted by Gasteiger charge is -2.04. The Hall–Kier alpha value is -1.16. The van der Waals surface area contributed by atoms with Gasteiger partial charge in [0, 0.05) is 16.5 Å². The molecule has 0 aliphatic rings. The van der Waals surface area contributed by atoms with Crippen molar-refractivity contribution >= 4 is 22.4 Å². The van der Waals surface area contributed by atoms with E-state index in [-0.39, 0.29) is 0 Å². The van der Waals surface area contributed by atoms with Gasteiger partial charge in [-0.2, -0.15) is 0 Å². The van der Waals surface area contributed by atoms with Crippen LogP contribution in [0.4, 0.5) is 0 Å². The molecule has 2 rings (SSSR count). The van der Waals surface area contributed by atoms with Crippen molar-refractivity contribution in [3.8, 4) is 0 Å². The van der Waals surface area contributed by atoms with Gasteiger partial charge in [0.1, 0.15) is 0 Å². The van der Waals surface area contributed by atoms with Gasteiger partial charge >= 0.3 is 0 Å². The first kappa shape index (κ1) is 13.3. The van der Waals surface area contributed by atoms with Crippen LogP contribution in [-0.4, -0.2) is 4.21 Å². The normalized spacial score (nSPS) is 12.3. The second-order valence-corrected chi connectivity index (χ2v) is 5.86. The quantitative estimate of drug-likeness (QED) is 0.934. The van der Waals surface area contributed by atoms with Crippen molar-refractivity contribution < 1.29 is 4.21 Å². The van der Waals surface area contributed by atoms with Crippen LogP contribution < -0.4 is 5.73 Å². The highest BCUT2D eigenvalue weighted by Gasteiger charge is 2.05. The second-order valence-electron chi connectivity index (χ2n) is 3.97. The molecule has 2 nitrogen and oxygen atoms in total. The van der Waals surface area contributed by atoms with E-state index >= 15 is 0 Å². The summed E-state index contributed by atoms with van der Waals surface area (Å²) in [7, 11) is -1.07. The van der Waals surface area contributed by atoms with Gasteiger partial charge in [-0.1, -0.05) is 41.9 Å². The fourth-order valence-electron chi connectivity index (χ4n) is 1.61. The largest absolute Gasteiger partial charge is 0.326 e. The van der Waals surface area contributed by atoms with Crippen molar-refractivity contribution in [2.24, 2.45) is 5.73 Å². The molecule has 0 aliphatic carbocycles. The van der Waals surface area contributed by atoms with Crippen LogP contribution in [0.1, 0.15) is 11.1 Å². The molecule has 18 heavy (non-hydrogen) atoms. The van der Waals surface area contributed by atoms with Gasteiger partial charge in [0.15, 0.2) is 0 Å². The maximum atomic E-state index is 12.1. The minimum absolute atomic E-state index is 0.491. The Morgan fingerprint density at radius 2 is 1.72 bits per heavy atom. The average Bonchev–Trinajstić information content (AvgIpc) is 2.39. The first-order valence-corrected chi connectivity index (χ1v) is 7.30. The Balaban J connectivity index is 2.11. The zero-order valence-corrected chi connectivity index (χ0v) is 11.4. The lowest BCUT2D eigenvalue weighted by Crippen LogP contribution is -1.99. The molecule has 2 N–H and O–H groups in total. The van der Waals surface area contributed by atoms with E-state index < -0.39 is 10.8 Å². The zero-order valence-electron chi connectivity index (χ0n) is 9.80. The van der Waals surface area contributed by atoms with Gasteiger partial charge in [-0.3, -0.25) is 4.21 Å². The van der Waals surface area contributed by atoms with Gasteiger partial charge in [-0.25, -0.2) is 0 Å². The van der Waals surface area contributed by atoms with Gasteiger partial charge in [0.25, 0.3) is 0 Å². The monoisotopic (exact) mass is 279 g/mol. The van der Waals surface area contributed by atoms with Crippen LogP contribution >= 0.6 is 11.6 Å². The Kier molecular flexibility index (Phi) is 4.53. The van der Waals surface area contributed by atoms with Crippen LogP contribution in [0.15, 0.2) is 53.4 Å². The van der Waals surface area contributed by atoms with Gasteiger partial charge < -0.3 is 5.73 Å². The zero-order chi connectivity index (χ0) is 13.0. The highest BCUT2D eigenvalue weighted by atomic mass is 35.5. The molecule has 0 spiro atoms. The van der Waals surface area contributed by atoms with E-state index in [9.17, 15) is 4.21 Å². The molecule has 0 aliphatic heterocycles. The van der Waals surface area contributed by atoms with Crippen molar-refractivity contribution in [2.75, 3.05) is 0 Å². The molecule has 0 amide bonds. The molecule has 94 valence electrons. The molecule has 0 heterocycles. The molecule has 0 aromatic heterocycles. The predicted octanol–water partition coefficient (Wildman–Crippen LogP) is 3.11. The summed E-state index contributed by atoms with van der Waals surface area (Å²) in [4.78, 5) is 0.755. The molecule has 0 fully saturated rings. The van der Waals surface area contributed by atoms with E-state index in [4.69, 9.17) is 17.3 Å². The smallest absolute Gasteiger partial charge is 0.0574 e. The third-order valence-corrected chi connectivity index (χ3v) is 4.23. The molecule has 0 saturated carbocycles. The van der Waals surface area contributed by atoms with Crippen LogP contribution in [0.3, 0.4) is 0 Å². The Labute approximate surface area is 114 Å². The molecule has 2 aromatic carbocycles. The summed E-state index contributed by atoms with van der Waals surface area (Å²) < 4.78 is 12.1. The maximum absolute atomic E-state index is 12.1. The SMILES string of the molecule is NCc1ccc(CS(=O)c2cccc(Cl)c2)cc1. The highest BCUT2D eigenvalue weighted by Crippen LogP contribution is 2.17. The topological polar surface area (TPSA) is 43.1 Å². The molecule has 1 atom stereocenters. The van der Waals surface area contributed by atoms with E-state index in [1.54, 1.807) is 12.1 Å². The minimum atomic E-state index is -1.07. The van der Waals surface area contributed by atoms with Crippen molar-refractivity contribution in [3.05, 3.63) is 64.7 Å². The molecule has 2 aromatic rings. The summed E-state index contributed by atoms with van der Waals surface area (Å²) >= 11 is 5.88. The Morgan fingerprint density at radius 3 is 2.33 bits per heavy atom. The third kappa shape index (κ3) is 3.42. The molecular formula is C14H14ClNOS. The van der Waals surface area contributed by atoms with Gasteiger partial charge in [0.2, 0.25) is 0 Å².